The van der Waals surface area contributed by atoms with Crippen molar-refractivity contribution >= 4 is 41.9 Å². The molecule has 1 heterocycles. The Hall–Kier alpha value is 0.0500. The Kier molecular flexibility index (Phi) is 5.52. The molecule has 4 nitrogen and oxygen atoms in total. The molecule has 0 amide bonds. The summed E-state index contributed by atoms with van der Waals surface area (Å²) in [5.74, 6) is 0. The van der Waals surface area contributed by atoms with E-state index in [0.29, 0.717) is 22.5 Å². The van der Waals surface area contributed by atoms with Crippen molar-refractivity contribution in [2.45, 2.75) is 30.7 Å². The van der Waals surface area contributed by atoms with Crippen molar-refractivity contribution in [3.63, 3.8) is 0 Å². The summed E-state index contributed by atoms with van der Waals surface area (Å²) in [5, 5.41) is 0. The summed E-state index contributed by atoms with van der Waals surface area (Å²) < 4.78 is 28.8. The van der Waals surface area contributed by atoms with Gasteiger partial charge in [-0.25, -0.2) is 8.42 Å². The molecule has 1 atom stereocenters. The molecule has 1 unspecified atom stereocenters. The molecule has 7 heteroatoms. The average molecular weight is 440 g/mol. The standard InChI is InChI=1S/C14H20Br2N2O2S/c1-10-7-13(16)14(8-12(10)15)21(19,20)18-6-4-5-11(9-18)17(2)3/h7-8,11H,4-6,9H2,1-3H3. The van der Waals surface area contributed by atoms with E-state index in [1.54, 1.807) is 10.4 Å². The highest BCUT2D eigenvalue weighted by molar-refractivity contribution is 9.11. The van der Waals surface area contributed by atoms with E-state index in [1.165, 1.54) is 0 Å². The number of piperidine rings is 1. The van der Waals surface area contributed by atoms with Gasteiger partial charge in [0.05, 0.1) is 4.90 Å². The molecule has 0 saturated carbocycles. The maximum atomic E-state index is 12.9. The van der Waals surface area contributed by atoms with Gasteiger partial charge in [-0.15, -0.1) is 0 Å². The Labute approximate surface area is 143 Å². The van der Waals surface area contributed by atoms with E-state index >= 15 is 0 Å². The topological polar surface area (TPSA) is 40.6 Å². The predicted octanol–water partition coefficient (Wildman–Crippen LogP) is 3.23. The van der Waals surface area contributed by atoms with Crippen LogP contribution in [0.2, 0.25) is 0 Å². The van der Waals surface area contributed by atoms with Gasteiger partial charge in [0, 0.05) is 28.1 Å². The van der Waals surface area contributed by atoms with E-state index in [4.69, 9.17) is 0 Å². The van der Waals surface area contributed by atoms with Crippen molar-refractivity contribution in [2.24, 2.45) is 0 Å². The first kappa shape index (κ1) is 17.4. The summed E-state index contributed by atoms with van der Waals surface area (Å²) in [4.78, 5) is 2.43. The van der Waals surface area contributed by atoms with Crippen LogP contribution in [0, 0.1) is 6.92 Å². The predicted molar refractivity (Wildman–Crippen MR) is 92.0 cm³/mol. The summed E-state index contributed by atoms with van der Waals surface area (Å²) in [5.41, 5.74) is 1.01. The van der Waals surface area contributed by atoms with Crippen LogP contribution in [0.4, 0.5) is 0 Å². The lowest BCUT2D eigenvalue weighted by molar-refractivity contribution is 0.190. The fraction of sp³-hybridized carbons (Fsp3) is 0.571. The fourth-order valence-corrected chi connectivity index (χ4v) is 5.68. The van der Waals surface area contributed by atoms with E-state index in [9.17, 15) is 8.42 Å². The van der Waals surface area contributed by atoms with Crippen molar-refractivity contribution < 1.29 is 8.42 Å². The van der Waals surface area contributed by atoms with Crippen molar-refractivity contribution in [3.8, 4) is 0 Å². The normalized spacial score (nSPS) is 21.0. The monoisotopic (exact) mass is 438 g/mol. The molecule has 0 radical (unpaired) electrons. The third-order valence-corrected chi connectivity index (χ3v) is 7.60. The molecule has 0 aliphatic carbocycles. The minimum atomic E-state index is -3.47. The summed E-state index contributed by atoms with van der Waals surface area (Å²) in [6, 6.07) is 3.81. The zero-order chi connectivity index (χ0) is 15.8. The number of aryl methyl sites for hydroxylation is 1. The first-order valence-corrected chi connectivity index (χ1v) is 9.88. The Morgan fingerprint density at radius 1 is 1.24 bits per heavy atom. The molecule has 0 aromatic heterocycles. The highest BCUT2D eigenvalue weighted by Crippen LogP contribution is 2.32. The summed E-state index contributed by atoms with van der Waals surface area (Å²) in [6.07, 6.45) is 1.94. The summed E-state index contributed by atoms with van der Waals surface area (Å²) >= 11 is 6.81. The van der Waals surface area contributed by atoms with Gasteiger partial charge in [0.25, 0.3) is 0 Å². The van der Waals surface area contributed by atoms with Gasteiger partial charge in [-0.3, -0.25) is 0 Å². The summed E-state index contributed by atoms with van der Waals surface area (Å²) in [7, 11) is 0.530. The van der Waals surface area contributed by atoms with E-state index in [2.05, 4.69) is 36.8 Å². The van der Waals surface area contributed by atoms with Gasteiger partial charge in [-0.05, 0) is 67.5 Å². The molecular formula is C14H20Br2N2O2S. The minimum Gasteiger partial charge on any atom is -0.305 e. The second-order valence-corrected chi connectivity index (χ2v) is 9.27. The first-order valence-electron chi connectivity index (χ1n) is 6.85. The molecular weight excluding hydrogens is 420 g/mol. The second kappa shape index (κ2) is 6.66. The van der Waals surface area contributed by atoms with Crippen LogP contribution in [0.5, 0.6) is 0 Å². The lowest BCUT2D eigenvalue weighted by Gasteiger charge is -2.35. The number of sulfonamides is 1. The quantitative estimate of drug-likeness (QED) is 0.725. The van der Waals surface area contributed by atoms with Crippen LogP contribution in [0.3, 0.4) is 0 Å². The molecule has 21 heavy (non-hydrogen) atoms. The van der Waals surface area contributed by atoms with E-state index in [-0.39, 0.29) is 6.04 Å². The lowest BCUT2D eigenvalue weighted by Crippen LogP contribution is -2.47. The zero-order valence-corrected chi connectivity index (χ0v) is 16.4. The SMILES string of the molecule is Cc1cc(Br)c(S(=O)(=O)N2CCCC(N(C)C)C2)cc1Br. The molecule has 1 aromatic rings. The highest BCUT2D eigenvalue weighted by Gasteiger charge is 2.32. The van der Waals surface area contributed by atoms with Gasteiger partial charge >= 0.3 is 0 Å². The largest absolute Gasteiger partial charge is 0.305 e. The number of hydrogen-bond donors (Lipinski definition) is 0. The molecule has 118 valence electrons. The average Bonchev–Trinajstić information content (AvgIpc) is 2.42. The second-order valence-electron chi connectivity index (χ2n) is 5.65. The van der Waals surface area contributed by atoms with Crippen molar-refractivity contribution in [2.75, 3.05) is 27.2 Å². The molecule has 1 aliphatic rings. The van der Waals surface area contributed by atoms with Crippen LogP contribution in [0.1, 0.15) is 18.4 Å². The van der Waals surface area contributed by atoms with Crippen molar-refractivity contribution in [1.29, 1.82) is 0 Å². The minimum absolute atomic E-state index is 0.279. The molecule has 0 bridgehead atoms. The molecule has 1 aliphatic heterocycles. The Morgan fingerprint density at radius 2 is 1.90 bits per heavy atom. The smallest absolute Gasteiger partial charge is 0.244 e. The number of hydrogen-bond acceptors (Lipinski definition) is 3. The molecule has 0 spiro atoms. The van der Waals surface area contributed by atoms with Gasteiger partial charge in [-0.2, -0.15) is 4.31 Å². The van der Waals surface area contributed by atoms with E-state index in [0.717, 1.165) is 22.9 Å². The van der Waals surface area contributed by atoms with Crippen LogP contribution in [-0.4, -0.2) is 50.8 Å². The van der Waals surface area contributed by atoms with Gasteiger partial charge in [0.2, 0.25) is 10.0 Å². The number of rotatable bonds is 3. The molecule has 1 aromatic carbocycles. The van der Waals surface area contributed by atoms with Gasteiger partial charge < -0.3 is 4.90 Å². The third-order valence-electron chi connectivity index (χ3n) is 3.92. The maximum Gasteiger partial charge on any atom is 0.244 e. The van der Waals surface area contributed by atoms with Crippen LogP contribution in [0.15, 0.2) is 26.0 Å². The van der Waals surface area contributed by atoms with Gasteiger partial charge in [-0.1, -0.05) is 15.9 Å². The molecule has 0 N–H and O–H groups in total. The number of nitrogens with zero attached hydrogens (tertiary/aromatic N) is 2. The van der Waals surface area contributed by atoms with Gasteiger partial charge in [0.15, 0.2) is 0 Å². The van der Waals surface area contributed by atoms with E-state index < -0.39 is 10.0 Å². The van der Waals surface area contributed by atoms with Crippen molar-refractivity contribution in [1.82, 2.24) is 9.21 Å². The van der Waals surface area contributed by atoms with Gasteiger partial charge in [0.1, 0.15) is 0 Å². The van der Waals surface area contributed by atoms with Crippen LogP contribution in [-0.2, 0) is 10.0 Å². The Balaban J connectivity index is 2.36. The molecule has 1 fully saturated rings. The van der Waals surface area contributed by atoms with Crippen LogP contribution >= 0.6 is 31.9 Å². The van der Waals surface area contributed by atoms with Crippen LogP contribution in [0.25, 0.3) is 0 Å². The maximum absolute atomic E-state index is 12.9. The van der Waals surface area contributed by atoms with Crippen LogP contribution < -0.4 is 0 Å². The Morgan fingerprint density at radius 3 is 2.52 bits per heavy atom. The zero-order valence-electron chi connectivity index (χ0n) is 12.4. The molecule has 2 rings (SSSR count). The third kappa shape index (κ3) is 3.69. The molecule has 1 saturated heterocycles. The number of halogens is 2. The lowest BCUT2D eigenvalue weighted by atomic mass is 10.1. The van der Waals surface area contributed by atoms with E-state index in [1.807, 2.05) is 27.1 Å². The summed E-state index contributed by atoms with van der Waals surface area (Å²) in [6.45, 7) is 3.08. The highest BCUT2D eigenvalue weighted by atomic mass is 79.9. The number of benzene rings is 1. The Bertz CT molecular complexity index is 632. The van der Waals surface area contributed by atoms with Crippen molar-refractivity contribution in [3.05, 3.63) is 26.6 Å². The fourth-order valence-electron chi connectivity index (χ4n) is 2.53. The first-order chi connectivity index (χ1) is 9.73. The number of likely N-dealkylation sites (N-methyl/N-ethyl adjacent to an activating group) is 1.